The SMILES string of the molecule is C/C(=N\N=C(N)N)c1ccc(Nc2nc(-c3ccccc3)cs2)cc1. The minimum Gasteiger partial charge on any atom is -0.369 e. The van der Waals surface area contributed by atoms with Crippen molar-refractivity contribution in [3.05, 3.63) is 65.5 Å². The Kier molecular flexibility index (Phi) is 5.06. The van der Waals surface area contributed by atoms with Crippen molar-refractivity contribution in [3.63, 3.8) is 0 Å². The van der Waals surface area contributed by atoms with Crippen molar-refractivity contribution in [1.82, 2.24) is 4.98 Å². The maximum atomic E-state index is 5.28. The van der Waals surface area contributed by atoms with Crippen molar-refractivity contribution in [3.8, 4) is 11.3 Å². The van der Waals surface area contributed by atoms with Gasteiger partial charge in [-0.2, -0.15) is 5.10 Å². The van der Waals surface area contributed by atoms with Crippen LogP contribution in [0.4, 0.5) is 10.8 Å². The lowest BCUT2D eigenvalue weighted by atomic mass is 10.1. The molecule has 6 nitrogen and oxygen atoms in total. The second-order valence-electron chi connectivity index (χ2n) is 5.32. The Balaban J connectivity index is 1.71. The van der Waals surface area contributed by atoms with Gasteiger partial charge in [0.05, 0.1) is 11.4 Å². The smallest absolute Gasteiger partial charge is 0.211 e. The van der Waals surface area contributed by atoms with Gasteiger partial charge in [0, 0.05) is 16.6 Å². The number of hydrogen-bond donors (Lipinski definition) is 3. The van der Waals surface area contributed by atoms with Crippen LogP contribution in [0.1, 0.15) is 12.5 Å². The average molecular weight is 350 g/mol. The minimum absolute atomic E-state index is 0.0596. The highest BCUT2D eigenvalue weighted by molar-refractivity contribution is 7.14. The molecule has 5 N–H and O–H groups in total. The van der Waals surface area contributed by atoms with E-state index in [0.717, 1.165) is 33.4 Å². The van der Waals surface area contributed by atoms with Crippen molar-refractivity contribution in [2.45, 2.75) is 6.92 Å². The lowest BCUT2D eigenvalue weighted by molar-refractivity contribution is 1.20. The zero-order chi connectivity index (χ0) is 17.6. The van der Waals surface area contributed by atoms with Gasteiger partial charge in [-0.25, -0.2) is 4.98 Å². The molecule has 7 heteroatoms. The van der Waals surface area contributed by atoms with Gasteiger partial charge in [0.2, 0.25) is 5.96 Å². The van der Waals surface area contributed by atoms with Crippen molar-refractivity contribution in [2.75, 3.05) is 5.32 Å². The highest BCUT2D eigenvalue weighted by Crippen LogP contribution is 2.27. The van der Waals surface area contributed by atoms with Gasteiger partial charge in [0.25, 0.3) is 0 Å². The zero-order valence-electron chi connectivity index (χ0n) is 13.7. The van der Waals surface area contributed by atoms with E-state index in [4.69, 9.17) is 11.5 Å². The van der Waals surface area contributed by atoms with E-state index in [0.29, 0.717) is 0 Å². The molecule has 0 saturated carbocycles. The van der Waals surface area contributed by atoms with E-state index < -0.39 is 0 Å². The molecule has 3 aromatic rings. The molecule has 0 saturated heterocycles. The molecule has 3 rings (SSSR count). The number of nitrogens with two attached hydrogens (primary N) is 2. The van der Waals surface area contributed by atoms with Crippen LogP contribution in [0.5, 0.6) is 0 Å². The summed E-state index contributed by atoms with van der Waals surface area (Å²) >= 11 is 1.57. The summed E-state index contributed by atoms with van der Waals surface area (Å²) in [5, 5.41) is 13.8. The van der Waals surface area contributed by atoms with E-state index >= 15 is 0 Å². The number of rotatable bonds is 5. The summed E-state index contributed by atoms with van der Waals surface area (Å²) in [6.45, 7) is 1.85. The first kappa shape index (κ1) is 16.7. The Morgan fingerprint density at radius 1 is 1.00 bits per heavy atom. The zero-order valence-corrected chi connectivity index (χ0v) is 14.5. The first-order valence-electron chi connectivity index (χ1n) is 7.63. The van der Waals surface area contributed by atoms with Gasteiger partial charge in [0.15, 0.2) is 5.13 Å². The van der Waals surface area contributed by atoms with Crippen LogP contribution >= 0.6 is 11.3 Å². The second kappa shape index (κ2) is 7.59. The number of aromatic nitrogens is 1. The minimum atomic E-state index is -0.0596. The molecule has 0 unspecified atom stereocenters. The van der Waals surface area contributed by atoms with Gasteiger partial charge in [0.1, 0.15) is 0 Å². The molecule has 0 aliphatic rings. The molecule has 1 heterocycles. The quantitative estimate of drug-likeness (QED) is 0.372. The fourth-order valence-electron chi connectivity index (χ4n) is 2.18. The third-order valence-corrected chi connectivity index (χ3v) is 4.20. The van der Waals surface area contributed by atoms with Crippen molar-refractivity contribution in [2.24, 2.45) is 21.7 Å². The Hall–Kier alpha value is -3.19. The molecule has 0 bridgehead atoms. The number of nitrogens with zero attached hydrogens (tertiary/aromatic N) is 3. The summed E-state index contributed by atoms with van der Waals surface area (Å²) < 4.78 is 0. The van der Waals surface area contributed by atoms with E-state index in [1.54, 1.807) is 11.3 Å². The summed E-state index contributed by atoms with van der Waals surface area (Å²) in [4.78, 5) is 4.62. The Bertz CT molecular complexity index is 893. The number of benzene rings is 2. The molecule has 0 amide bonds. The largest absolute Gasteiger partial charge is 0.369 e. The normalized spacial score (nSPS) is 11.2. The van der Waals surface area contributed by atoms with E-state index in [9.17, 15) is 0 Å². The number of nitrogens with one attached hydrogen (secondary N) is 1. The van der Waals surface area contributed by atoms with E-state index in [1.165, 1.54) is 0 Å². The summed E-state index contributed by atoms with van der Waals surface area (Å²) in [6, 6.07) is 17.9. The number of anilines is 2. The van der Waals surface area contributed by atoms with Crippen LogP contribution in [0.2, 0.25) is 0 Å². The highest BCUT2D eigenvalue weighted by atomic mass is 32.1. The molecule has 1 aromatic heterocycles. The van der Waals surface area contributed by atoms with Crippen LogP contribution in [0.25, 0.3) is 11.3 Å². The average Bonchev–Trinajstić information content (AvgIpc) is 3.09. The third-order valence-electron chi connectivity index (χ3n) is 3.44. The van der Waals surface area contributed by atoms with Crippen LogP contribution in [-0.4, -0.2) is 16.7 Å². The molecule has 0 aliphatic heterocycles. The van der Waals surface area contributed by atoms with Gasteiger partial charge in [-0.1, -0.05) is 42.5 Å². The first-order chi connectivity index (χ1) is 12.1. The van der Waals surface area contributed by atoms with Gasteiger partial charge < -0.3 is 16.8 Å². The molecule has 0 fully saturated rings. The Morgan fingerprint density at radius 2 is 1.72 bits per heavy atom. The third kappa shape index (κ3) is 4.42. The van der Waals surface area contributed by atoms with Crippen molar-refractivity contribution >= 4 is 33.8 Å². The summed E-state index contributed by atoms with van der Waals surface area (Å²) in [5.74, 6) is -0.0596. The van der Waals surface area contributed by atoms with Gasteiger partial charge in [-0.15, -0.1) is 16.4 Å². The maximum Gasteiger partial charge on any atom is 0.211 e. The van der Waals surface area contributed by atoms with Gasteiger partial charge >= 0.3 is 0 Å². The lowest BCUT2D eigenvalue weighted by Gasteiger charge is -2.04. The number of guanidine groups is 1. The van der Waals surface area contributed by atoms with E-state index in [1.807, 2.05) is 66.9 Å². The van der Waals surface area contributed by atoms with Gasteiger partial charge in [-0.3, -0.25) is 0 Å². The molecule has 126 valence electrons. The van der Waals surface area contributed by atoms with Crippen LogP contribution < -0.4 is 16.8 Å². The van der Waals surface area contributed by atoms with E-state index in [-0.39, 0.29) is 5.96 Å². The monoisotopic (exact) mass is 350 g/mol. The molecule has 0 atom stereocenters. The molecule has 0 spiro atoms. The topological polar surface area (TPSA) is 102 Å². The summed E-state index contributed by atoms with van der Waals surface area (Å²) in [6.07, 6.45) is 0. The molecular formula is C18H18N6S. The number of hydrogen-bond acceptors (Lipinski definition) is 5. The fraction of sp³-hybridized carbons (Fsp3) is 0.0556. The Labute approximate surface area is 149 Å². The van der Waals surface area contributed by atoms with Crippen molar-refractivity contribution in [1.29, 1.82) is 0 Å². The van der Waals surface area contributed by atoms with Crippen LogP contribution in [0.3, 0.4) is 0 Å². The maximum absolute atomic E-state index is 5.28. The number of thiazole rings is 1. The first-order valence-corrected chi connectivity index (χ1v) is 8.51. The molecule has 0 aliphatic carbocycles. The second-order valence-corrected chi connectivity index (χ2v) is 6.17. The fourth-order valence-corrected chi connectivity index (χ4v) is 2.92. The summed E-state index contributed by atoms with van der Waals surface area (Å²) in [5.41, 5.74) is 15.3. The van der Waals surface area contributed by atoms with Crippen LogP contribution in [-0.2, 0) is 0 Å². The lowest BCUT2D eigenvalue weighted by Crippen LogP contribution is -2.22. The predicted molar refractivity (Wildman–Crippen MR) is 105 cm³/mol. The summed E-state index contributed by atoms with van der Waals surface area (Å²) in [7, 11) is 0. The molecule has 0 radical (unpaired) electrons. The van der Waals surface area contributed by atoms with Crippen molar-refractivity contribution < 1.29 is 0 Å². The van der Waals surface area contributed by atoms with Crippen LogP contribution in [0, 0.1) is 0 Å². The molecular weight excluding hydrogens is 332 g/mol. The van der Waals surface area contributed by atoms with Crippen LogP contribution in [0.15, 0.2) is 70.2 Å². The van der Waals surface area contributed by atoms with Gasteiger partial charge in [-0.05, 0) is 24.6 Å². The highest BCUT2D eigenvalue weighted by Gasteiger charge is 2.05. The standard InChI is InChI=1S/C18H18N6S/c1-12(23-24-17(19)20)13-7-9-15(10-8-13)21-18-22-16(11-25-18)14-5-3-2-4-6-14/h2-11H,1H3,(H,21,22)(H4,19,20,24)/b23-12+. The Morgan fingerprint density at radius 3 is 2.40 bits per heavy atom. The van der Waals surface area contributed by atoms with E-state index in [2.05, 4.69) is 20.5 Å². The molecule has 2 aromatic carbocycles. The predicted octanol–water partition coefficient (Wildman–Crippen LogP) is 3.55. The molecule has 25 heavy (non-hydrogen) atoms.